The number of ether oxygens (including phenoxy) is 1. The van der Waals surface area contributed by atoms with Gasteiger partial charge in [0.1, 0.15) is 5.75 Å². The number of hydrogen-bond donors (Lipinski definition) is 2. The third-order valence-electron chi connectivity index (χ3n) is 5.57. The number of likely N-dealkylation sites (N-methyl/N-ethyl adjacent to an activating group) is 1. The lowest BCUT2D eigenvalue weighted by Gasteiger charge is -2.17. The van der Waals surface area contributed by atoms with Gasteiger partial charge in [0.15, 0.2) is 0 Å². The van der Waals surface area contributed by atoms with Crippen molar-refractivity contribution in [3.05, 3.63) is 100 Å². The molecule has 4 rings (SSSR count). The van der Waals surface area contributed by atoms with E-state index in [9.17, 15) is 0 Å². The molecule has 0 bridgehead atoms. The number of rotatable bonds is 7. The molecule has 0 radical (unpaired) electrons. The second kappa shape index (κ2) is 9.38. The molecule has 4 nitrogen and oxygen atoms in total. The summed E-state index contributed by atoms with van der Waals surface area (Å²) < 4.78 is 5.25. The van der Waals surface area contributed by atoms with E-state index < -0.39 is 0 Å². The standard InChI is InChI=1S/C26H26ClN3O/c1-29-25(14-18-5-10-22(31-2)11-6-18)19-7-3-17(4-8-19)13-21-16-24(28)23-12-9-20(27)15-26(23)30-21/h3-12,15-16,25,29H,13-14H2,1-2H3,(H2,28,30). The highest BCUT2D eigenvalue weighted by molar-refractivity contribution is 6.31. The van der Waals surface area contributed by atoms with E-state index in [0.29, 0.717) is 5.02 Å². The molecule has 0 aliphatic carbocycles. The summed E-state index contributed by atoms with van der Waals surface area (Å²) in [6, 6.07) is 24.7. The molecule has 0 saturated carbocycles. The van der Waals surface area contributed by atoms with Gasteiger partial charge in [-0.05, 0) is 66.6 Å². The molecule has 5 heteroatoms. The largest absolute Gasteiger partial charge is 0.497 e. The topological polar surface area (TPSA) is 60.2 Å². The molecule has 0 aliphatic rings. The minimum Gasteiger partial charge on any atom is -0.497 e. The van der Waals surface area contributed by atoms with E-state index in [-0.39, 0.29) is 6.04 Å². The van der Waals surface area contributed by atoms with Gasteiger partial charge in [-0.25, -0.2) is 0 Å². The fourth-order valence-corrected chi connectivity index (χ4v) is 4.00. The lowest BCUT2D eigenvalue weighted by atomic mass is 9.97. The van der Waals surface area contributed by atoms with E-state index in [0.717, 1.165) is 40.9 Å². The highest BCUT2D eigenvalue weighted by Crippen LogP contribution is 2.25. The molecule has 0 spiro atoms. The van der Waals surface area contributed by atoms with Gasteiger partial charge in [0.25, 0.3) is 0 Å². The third-order valence-corrected chi connectivity index (χ3v) is 5.81. The lowest BCUT2D eigenvalue weighted by molar-refractivity contribution is 0.414. The number of halogens is 1. The Hall–Kier alpha value is -3.08. The Morgan fingerprint density at radius 2 is 1.68 bits per heavy atom. The number of methoxy groups -OCH3 is 1. The number of hydrogen-bond acceptors (Lipinski definition) is 4. The summed E-state index contributed by atoms with van der Waals surface area (Å²) in [5, 5.41) is 5.02. The van der Waals surface area contributed by atoms with Crippen LogP contribution in [0.25, 0.3) is 10.9 Å². The van der Waals surface area contributed by atoms with Crippen LogP contribution in [0.2, 0.25) is 5.02 Å². The maximum absolute atomic E-state index is 6.23. The van der Waals surface area contributed by atoms with Crippen LogP contribution in [0.15, 0.2) is 72.8 Å². The summed E-state index contributed by atoms with van der Waals surface area (Å²) in [5.41, 5.74) is 12.4. The van der Waals surface area contributed by atoms with Crippen molar-refractivity contribution in [2.24, 2.45) is 0 Å². The molecule has 1 heterocycles. The summed E-state index contributed by atoms with van der Waals surface area (Å²) in [5.74, 6) is 0.874. The molecule has 4 aromatic rings. The second-order valence-electron chi connectivity index (χ2n) is 7.68. The number of fused-ring (bicyclic) bond motifs is 1. The van der Waals surface area contributed by atoms with Gasteiger partial charge in [0, 0.05) is 34.3 Å². The second-order valence-corrected chi connectivity index (χ2v) is 8.11. The van der Waals surface area contributed by atoms with Gasteiger partial charge in [0.2, 0.25) is 0 Å². The zero-order chi connectivity index (χ0) is 21.8. The van der Waals surface area contributed by atoms with Gasteiger partial charge >= 0.3 is 0 Å². The molecule has 0 saturated heterocycles. The van der Waals surface area contributed by atoms with Crippen molar-refractivity contribution in [3.8, 4) is 5.75 Å². The Balaban J connectivity index is 1.49. The molecule has 0 amide bonds. The van der Waals surface area contributed by atoms with Crippen LogP contribution in [0.5, 0.6) is 5.75 Å². The van der Waals surface area contributed by atoms with Gasteiger partial charge in [0.05, 0.1) is 12.6 Å². The maximum atomic E-state index is 6.23. The van der Waals surface area contributed by atoms with Crippen LogP contribution in [-0.4, -0.2) is 19.1 Å². The van der Waals surface area contributed by atoms with Crippen LogP contribution < -0.4 is 15.8 Å². The van der Waals surface area contributed by atoms with E-state index in [2.05, 4.69) is 41.7 Å². The number of nitrogens with one attached hydrogen (secondary N) is 1. The smallest absolute Gasteiger partial charge is 0.118 e. The summed E-state index contributed by atoms with van der Waals surface area (Å²) in [6.45, 7) is 0. The van der Waals surface area contributed by atoms with Crippen LogP contribution in [-0.2, 0) is 12.8 Å². The summed E-state index contributed by atoms with van der Waals surface area (Å²) in [4.78, 5) is 4.75. The molecule has 31 heavy (non-hydrogen) atoms. The molecule has 0 aliphatic heterocycles. The number of nitrogens with two attached hydrogens (primary N) is 1. The monoisotopic (exact) mass is 431 g/mol. The Bertz CT molecular complexity index is 1170. The first-order valence-electron chi connectivity index (χ1n) is 10.3. The highest BCUT2D eigenvalue weighted by Gasteiger charge is 2.11. The van der Waals surface area contributed by atoms with Gasteiger partial charge in [-0.2, -0.15) is 0 Å². The number of benzene rings is 3. The first-order chi connectivity index (χ1) is 15.1. The summed E-state index contributed by atoms with van der Waals surface area (Å²) >= 11 is 6.12. The Labute approximate surface area is 188 Å². The molecule has 3 N–H and O–H groups in total. The van der Waals surface area contributed by atoms with Crippen molar-refractivity contribution in [2.45, 2.75) is 18.9 Å². The van der Waals surface area contributed by atoms with Crippen molar-refractivity contribution >= 4 is 28.2 Å². The normalized spacial score (nSPS) is 12.1. The van der Waals surface area contributed by atoms with Crippen LogP contribution >= 0.6 is 11.6 Å². The average molecular weight is 432 g/mol. The molecule has 158 valence electrons. The molecule has 0 fully saturated rings. The van der Waals surface area contributed by atoms with Crippen molar-refractivity contribution in [2.75, 3.05) is 19.9 Å². The number of aromatic nitrogens is 1. The Morgan fingerprint density at radius 3 is 2.35 bits per heavy atom. The van der Waals surface area contributed by atoms with Gasteiger partial charge in [-0.15, -0.1) is 0 Å². The molecular formula is C26H26ClN3O. The first-order valence-corrected chi connectivity index (χ1v) is 10.7. The minimum atomic E-state index is 0.235. The van der Waals surface area contributed by atoms with Crippen molar-refractivity contribution in [1.29, 1.82) is 0 Å². The van der Waals surface area contributed by atoms with E-state index >= 15 is 0 Å². The minimum absolute atomic E-state index is 0.235. The number of nitrogens with zero attached hydrogens (tertiary/aromatic N) is 1. The van der Waals surface area contributed by atoms with Gasteiger partial charge < -0.3 is 15.8 Å². The molecular weight excluding hydrogens is 406 g/mol. The fourth-order valence-electron chi connectivity index (χ4n) is 3.84. The van der Waals surface area contributed by atoms with Crippen LogP contribution in [0.1, 0.15) is 28.4 Å². The predicted molar refractivity (Wildman–Crippen MR) is 129 cm³/mol. The van der Waals surface area contributed by atoms with Gasteiger partial charge in [-0.1, -0.05) is 48.0 Å². The predicted octanol–water partition coefficient (Wildman–Crippen LogP) is 5.57. The molecule has 3 aromatic carbocycles. The van der Waals surface area contributed by atoms with Crippen molar-refractivity contribution < 1.29 is 4.74 Å². The first kappa shape index (κ1) is 21.2. The summed E-state index contributed by atoms with van der Waals surface area (Å²) in [6.07, 6.45) is 1.62. The van der Waals surface area contributed by atoms with Crippen LogP contribution in [0.3, 0.4) is 0 Å². The number of nitrogen functional groups attached to an aromatic ring is 1. The Kier molecular flexibility index (Phi) is 6.40. The van der Waals surface area contributed by atoms with E-state index in [1.165, 1.54) is 16.7 Å². The van der Waals surface area contributed by atoms with Crippen LogP contribution in [0.4, 0.5) is 5.69 Å². The average Bonchev–Trinajstić information content (AvgIpc) is 2.78. The van der Waals surface area contributed by atoms with Gasteiger partial charge in [-0.3, -0.25) is 4.98 Å². The van der Waals surface area contributed by atoms with E-state index in [4.69, 9.17) is 27.1 Å². The SMILES string of the molecule is CNC(Cc1ccc(OC)cc1)c1ccc(Cc2cc(N)c3ccc(Cl)cc3n2)cc1. The van der Waals surface area contributed by atoms with E-state index in [1.807, 2.05) is 43.4 Å². The Morgan fingerprint density at radius 1 is 0.968 bits per heavy atom. The summed E-state index contributed by atoms with van der Waals surface area (Å²) in [7, 11) is 3.68. The van der Waals surface area contributed by atoms with Crippen molar-refractivity contribution in [3.63, 3.8) is 0 Å². The lowest BCUT2D eigenvalue weighted by Crippen LogP contribution is -2.18. The molecule has 1 atom stereocenters. The van der Waals surface area contributed by atoms with Crippen molar-refractivity contribution in [1.82, 2.24) is 10.3 Å². The molecule has 1 unspecified atom stereocenters. The zero-order valence-corrected chi connectivity index (χ0v) is 18.5. The van der Waals surface area contributed by atoms with Crippen LogP contribution in [0, 0.1) is 0 Å². The fraction of sp³-hybridized carbons (Fsp3) is 0.192. The highest BCUT2D eigenvalue weighted by atomic mass is 35.5. The zero-order valence-electron chi connectivity index (χ0n) is 17.7. The third kappa shape index (κ3) is 4.98. The number of anilines is 1. The quantitative estimate of drug-likeness (QED) is 0.401. The molecule has 1 aromatic heterocycles. The van der Waals surface area contributed by atoms with E-state index in [1.54, 1.807) is 7.11 Å². The maximum Gasteiger partial charge on any atom is 0.118 e. The number of pyridine rings is 1.